The van der Waals surface area contributed by atoms with E-state index in [2.05, 4.69) is 20.4 Å². The second-order valence-corrected chi connectivity index (χ2v) is 3.45. The quantitative estimate of drug-likeness (QED) is 0.708. The van der Waals surface area contributed by atoms with Crippen molar-refractivity contribution in [3.8, 4) is 0 Å². The Morgan fingerprint density at radius 3 is 2.60 bits per heavy atom. The number of rotatable bonds is 4. The standard InChI is InChI=1S/C8H11ClN6/c1-14-5-10-12-7(14)2-3-15-6-11-13-8(15)4-9/h5-6H,2-4H2,1H3. The Kier molecular flexibility index (Phi) is 2.96. The number of nitrogens with zero attached hydrogens (tertiary/aromatic N) is 6. The van der Waals surface area contributed by atoms with Crippen molar-refractivity contribution in [2.75, 3.05) is 0 Å². The molecule has 0 amide bonds. The summed E-state index contributed by atoms with van der Waals surface area (Å²) in [4.78, 5) is 0. The molecule has 0 saturated heterocycles. The smallest absolute Gasteiger partial charge is 0.147 e. The van der Waals surface area contributed by atoms with Gasteiger partial charge < -0.3 is 9.13 Å². The average Bonchev–Trinajstić information content (AvgIpc) is 2.83. The van der Waals surface area contributed by atoms with Crippen LogP contribution in [0.1, 0.15) is 11.6 Å². The molecule has 0 aliphatic carbocycles. The van der Waals surface area contributed by atoms with Crippen molar-refractivity contribution in [2.45, 2.75) is 18.8 Å². The highest BCUT2D eigenvalue weighted by Gasteiger charge is 2.05. The van der Waals surface area contributed by atoms with Crippen LogP contribution in [0, 0.1) is 0 Å². The molecule has 7 heteroatoms. The highest BCUT2D eigenvalue weighted by atomic mass is 35.5. The zero-order valence-electron chi connectivity index (χ0n) is 8.34. The van der Waals surface area contributed by atoms with E-state index in [0.717, 1.165) is 24.6 Å². The predicted molar refractivity (Wildman–Crippen MR) is 54.3 cm³/mol. The summed E-state index contributed by atoms with van der Waals surface area (Å²) in [5.41, 5.74) is 0. The molecule has 0 aliphatic rings. The van der Waals surface area contributed by atoms with Crippen LogP contribution < -0.4 is 0 Å². The first-order valence-corrected chi connectivity index (χ1v) is 5.10. The van der Waals surface area contributed by atoms with E-state index in [1.807, 2.05) is 16.2 Å². The van der Waals surface area contributed by atoms with Gasteiger partial charge in [0.15, 0.2) is 0 Å². The molecule has 2 aromatic heterocycles. The van der Waals surface area contributed by atoms with Gasteiger partial charge in [-0.25, -0.2) is 0 Å². The number of aryl methyl sites for hydroxylation is 3. The maximum absolute atomic E-state index is 5.71. The second kappa shape index (κ2) is 4.39. The molecule has 2 heterocycles. The zero-order valence-corrected chi connectivity index (χ0v) is 9.09. The van der Waals surface area contributed by atoms with Crippen LogP contribution in [-0.4, -0.2) is 29.5 Å². The maximum Gasteiger partial charge on any atom is 0.147 e. The summed E-state index contributed by atoms with van der Waals surface area (Å²) in [7, 11) is 1.92. The van der Waals surface area contributed by atoms with Crippen molar-refractivity contribution < 1.29 is 0 Å². The molecule has 0 saturated carbocycles. The molecular formula is C8H11ClN6. The Bertz CT molecular complexity index is 434. The lowest BCUT2D eigenvalue weighted by Gasteiger charge is -2.03. The van der Waals surface area contributed by atoms with Crippen LogP contribution >= 0.6 is 11.6 Å². The normalized spacial score (nSPS) is 10.8. The molecule has 0 unspecified atom stereocenters. The van der Waals surface area contributed by atoms with E-state index in [-0.39, 0.29) is 0 Å². The molecule has 2 rings (SSSR count). The van der Waals surface area contributed by atoms with Crippen molar-refractivity contribution in [1.29, 1.82) is 0 Å². The van der Waals surface area contributed by atoms with E-state index >= 15 is 0 Å². The highest BCUT2D eigenvalue weighted by Crippen LogP contribution is 2.02. The maximum atomic E-state index is 5.71. The fourth-order valence-corrected chi connectivity index (χ4v) is 1.53. The van der Waals surface area contributed by atoms with Gasteiger partial charge in [-0.2, -0.15) is 0 Å². The minimum atomic E-state index is 0.374. The van der Waals surface area contributed by atoms with Crippen molar-refractivity contribution in [1.82, 2.24) is 29.5 Å². The van der Waals surface area contributed by atoms with Gasteiger partial charge in [0.2, 0.25) is 0 Å². The second-order valence-electron chi connectivity index (χ2n) is 3.18. The Balaban J connectivity index is 2.02. The zero-order chi connectivity index (χ0) is 10.7. The molecule has 15 heavy (non-hydrogen) atoms. The Morgan fingerprint density at radius 2 is 1.93 bits per heavy atom. The third-order valence-electron chi connectivity index (χ3n) is 2.20. The van der Waals surface area contributed by atoms with E-state index in [0.29, 0.717) is 5.88 Å². The molecule has 6 nitrogen and oxygen atoms in total. The van der Waals surface area contributed by atoms with Gasteiger partial charge >= 0.3 is 0 Å². The van der Waals surface area contributed by atoms with E-state index in [9.17, 15) is 0 Å². The van der Waals surface area contributed by atoms with Crippen LogP contribution in [0.2, 0.25) is 0 Å². The van der Waals surface area contributed by atoms with Crippen LogP contribution in [-0.2, 0) is 25.9 Å². The minimum Gasteiger partial charge on any atom is -0.321 e. The number of aromatic nitrogens is 6. The lowest BCUT2D eigenvalue weighted by molar-refractivity contribution is 0.630. The molecule has 0 aromatic carbocycles. The number of alkyl halides is 1. The first-order valence-electron chi connectivity index (χ1n) is 4.57. The number of halogens is 1. The van der Waals surface area contributed by atoms with Gasteiger partial charge in [0, 0.05) is 20.0 Å². The third kappa shape index (κ3) is 2.15. The van der Waals surface area contributed by atoms with Crippen molar-refractivity contribution in [2.24, 2.45) is 7.05 Å². The summed E-state index contributed by atoms with van der Waals surface area (Å²) >= 11 is 5.71. The lowest BCUT2D eigenvalue weighted by atomic mass is 10.4. The molecule has 0 fully saturated rings. The van der Waals surface area contributed by atoms with Gasteiger partial charge in [0.05, 0.1) is 5.88 Å². The predicted octanol–water partition coefficient (Wildman–Crippen LogP) is 0.388. The van der Waals surface area contributed by atoms with Gasteiger partial charge in [0.25, 0.3) is 0 Å². The number of hydrogen-bond donors (Lipinski definition) is 0. The van der Waals surface area contributed by atoms with Crippen LogP contribution in [0.4, 0.5) is 0 Å². The average molecular weight is 227 g/mol. The molecule has 0 atom stereocenters. The summed E-state index contributed by atoms with van der Waals surface area (Å²) in [5.74, 6) is 2.08. The van der Waals surface area contributed by atoms with Gasteiger partial charge in [-0.1, -0.05) is 0 Å². The Labute approximate surface area is 91.9 Å². The Morgan fingerprint density at radius 1 is 1.20 bits per heavy atom. The SMILES string of the molecule is Cn1cnnc1CCn1cnnc1CCl. The van der Waals surface area contributed by atoms with E-state index in [1.54, 1.807) is 12.7 Å². The van der Waals surface area contributed by atoms with Gasteiger partial charge in [-0.3, -0.25) is 0 Å². The molecule has 2 aromatic rings. The minimum absolute atomic E-state index is 0.374. The first-order chi connectivity index (χ1) is 7.31. The molecule has 80 valence electrons. The van der Waals surface area contributed by atoms with Gasteiger partial charge in [-0.05, 0) is 0 Å². The lowest BCUT2D eigenvalue weighted by Crippen LogP contribution is -2.07. The van der Waals surface area contributed by atoms with Gasteiger partial charge in [0.1, 0.15) is 24.3 Å². The highest BCUT2D eigenvalue weighted by molar-refractivity contribution is 6.16. The monoisotopic (exact) mass is 226 g/mol. The summed E-state index contributed by atoms with van der Waals surface area (Å²) in [6.45, 7) is 0.765. The van der Waals surface area contributed by atoms with Crippen LogP contribution in [0.25, 0.3) is 0 Å². The summed E-state index contributed by atoms with van der Waals surface area (Å²) < 4.78 is 3.81. The molecular weight excluding hydrogens is 216 g/mol. The third-order valence-corrected chi connectivity index (χ3v) is 2.44. The van der Waals surface area contributed by atoms with Crippen LogP contribution in [0.5, 0.6) is 0 Å². The number of hydrogen-bond acceptors (Lipinski definition) is 4. The summed E-state index contributed by atoms with van der Waals surface area (Å²) in [6.07, 6.45) is 4.15. The molecule has 0 radical (unpaired) electrons. The molecule has 0 spiro atoms. The topological polar surface area (TPSA) is 61.4 Å². The fraction of sp³-hybridized carbons (Fsp3) is 0.500. The van der Waals surface area contributed by atoms with E-state index < -0.39 is 0 Å². The van der Waals surface area contributed by atoms with Gasteiger partial charge in [-0.15, -0.1) is 32.0 Å². The first kappa shape index (κ1) is 10.1. The van der Waals surface area contributed by atoms with Crippen molar-refractivity contribution in [3.63, 3.8) is 0 Å². The van der Waals surface area contributed by atoms with E-state index in [4.69, 9.17) is 11.6 Å². The van der Waals surface area contributed by atoms with E-state index in [1.165, 1.54) is 0 Å². The summed E-state index contributed by atoms with van der Waals surface area (Å²) in [5, 5.41) is 15.5. The van der Waals surface area contributed by atoms with Crippen LogP contribution in [0.15, 0.2) is 12.7 Å². The van der Waals surface area contributed by atoms with Crippen molar-refractivity contribution >= 4 is 11.6 Å². The molecule has 0 N–H and O–H groups in total. The Hall–Kier alpha value is -1.43. The van der Waals surface area contributed by atoms with Crippen LogP contribution in [0.3, 0.4) is 0 Å². The fourth-order valence-electron chi connectivity index (χ4n) is 1.32. The van der Waals surface area contributed by atoms with Crippen molar-refractivity contribution in [3.05, 3.63) is 24.3 Å². The largest absolute Gasteiger partial charge is 0.321 e. The molecule has 0 bridgehead atoms. The summed E-state index contributed by atoms with van der Waals surface area (Å²) in [6, 6.07) is 0. The molecule has 0 aliphatic heterocycles.